The number of nitrogens with zero attached hydrogens (tertiary/aromatic N) is 2. The summed E-state index contributed by atoms with van der Waals surface area (Å²) in [5.74, 6) is 1.74. The maximum Gasteiger partial charge on any atom is 0.138 e. The summed E-state index contributed by atoms with van der Waals surface area (Å²) in [7, 11) is 0. The predicted molar refractivity (Wildman–Crippen MR) is 184 cm³/mol. The number of ether oxygens (including phenoxy) is 1. The molecule has 5 heteroatoms. The molecule has 0 radical (unpaired) electrons. The van der Waals surface area contributed by atoms with Crippen molar-refractivity contribution in [3.63, 3.8) is 0 Å². The third-order valence-electron chi connectivity index (χ3n) is 9.06. The van der Waals surface area contributed by atoms with E-state index in [1.165, 1.54) is 26.8 Å². The van der Waals surface area contributed by atoms with E-state index in [0.717, 1.165) is 56.2 Å². The lowest BCUT2D eigenvalue weighted by atomic mass is 10.1. The Balaban J connectivity index is 1.32. The molecular weight excluding hydrogens is 563 g/mol. The van der Waals surface area contributed by atoms with Crippen molar-refractivity contribution in [2.45, 2.75) is 0 Å². The van der Waals surface area contributed by atoms with Crippen LogP contribution in [0.1, 0.15) is 0 Å². The number of hydrogen-bond donors (Lipinski definition) is 0. The van der Waals surface area contributed by atoms with Gasteiger partial charge in [-0.05, 0) is 82.2 Å². The largest absolute Gasteiger partial charge is 0.456 e. The first-order valence-electron chi connectivity index (χ1n) is 14.5. The van der Waals surface area contributed by atoms with Crippen molar-refractivity contribution in [2.75, 3.05) is 9.80 Å². The van der Waals surface area contributed by atoms with Gasteiger partial charge in [-0.25, -0.2) is 0 Å². The van der Waals surface area contributed by atoms with E-state index in [2.05, 4.69) is 149 Å². The van der Waals surface area contributed by atoms with Gasteiger partial charge in [-0.3, -0.25) is 0 Å². The van der Waals surface area contributed by atoms with Crippen molar-refractivity contribution in [2.24, 2.45) is 0 Å². The zero-order chi connectivity index (χ0) is 28.3. The molecule has 0 atom stereocenters. The first-order chi connectivity index (χ1) is 21.2. The van der Waals surface area contributed by atoms with E-state index in [1.54, 1.807) is 0 Å². The van der Waals surface area contributed by atoms with Crippen LogP contribution in [0.3, 0.4) is 0 Å². The Labute approximate surface area is 254 Å². The van der Waals surface area contributed by atoms with Crippen LogP contribution in [0.4, 0.5) is 34.1 Å². The van der Waals surface area contributed by atoms with Crippen LogP contribution in [0, 0.1) is 0 Å². The van der Waals surface area contributed by atoms with Crippen LogP contribution >= 0.6 is 6.04 Å². The molecule has 202 valence electrons. The fourth-order valence-corrected chi connectivity index (χ4v) is 12.5. The van der Waals surface area contributed by atoms with Gasteiger partial charge in [0.25, 0.3) is 0 Å². The lowest BCUT2D eigenvalue weighted by Gasteiger charge is -2.48. The van der Waals surface area contributed by atoms with Crippen molar-refractivity contribution in [1.82, 2.24) is 0 Å². The number of rotatable bonds is 2. The lowest BCUT2D eigenvalue weighted by Crippen LogP contribution is -2.45. The molecule has 0 fully saturated rings. The molecule has 3 aliphatic rings. The monoisotopic (exact) mass is 586 g/mol. The zero-order valence-electron chi connectivity index (χ0n) is 22.9. The number of benzene rings is 7. The number of anilines is 6. The van der Waals surface area contributed by atoms with Crippen LogP contribution in [0.5, 0.6) is 11.5 Å². The van der Waals surface area contributed by atoms with Crippen molar-refractivity contribution in [3.05, 3.63) is 140 Å². The SMILES string of the molecule is S=P12c3c4cccc3N(c3ccc5ccccc5c3)c3cccc(c31)N(c1ccc3ccccc3c1)c1cccc(c12)O4. The Morgan fingerprint density at radius 3 is 1.33 bits per heavy atom. The lowest BCUT2D eigenvalue weighted by molar-refractivity contribution is 0.488. The second-order valence-electron chi connectivity index (χ2n) is 11.3. The summed E-state index contributed by atoms with van der Waals surface area (Å²) in [4.78, 5) is 4.80. The zero-order valence-corrected chi connectivity index (χ0v) is 24.6. The van der Waals surface area contributed by atoms with E-state index in [-0.39, 0.29) is 0 Å². The summed E-state index contributed by atoms with van der Waals surface area (Å²) < 4.78 is 6.73. The average molecular weight is 587 g/mol. The highest BCUT2D eigenvalue weighted by Gasteiger charge is 2.50. The minimum absolute atomic E-state index is 0.871. The van der Waals surface area contributed by atoms with Gasteiger partial charge < -0.3 is 14.5 Å². The van der Waals surface area contributed by atoms with Gasteiger partial charge in [-0.15, -0.1) is 0 Å². The smallest absolute Gasteiger partial charge is 0.138 e. The first-order valence-corrected chi connectivity index (χ1v) is 17.3. The average Bonchev–Trinajstić information content (AvgIpc) is 3.05. The summed E-state index contributed by atoms with van der Waals surface area (Å²) >= 11 is 7.02. The normalized spacial score (nSPS) is 14.9. The Bertz CT molecular complexity index is 2240. The van der Waals surface area contributed by atoms with Crippen LogP contribution in [0.25, 0.3) is 21.5 Å². The van der Waals surface area contributed by atoms with E-state index in [4.69, 9.17) is 16.5 Å². The second kappa shape index (κ2) is 8.35. The van der Waals surface area contributed by atoms with Gasteiger partial charge in [0, 0.05) is 16.7 Å². The molecule has 3 aliphatic heterocycles. The maximum absolute atomic E-state index is 7.02. The highest BCUT2D eigenvalue weighted by molar-refractivity contribution is 8.26. The quantitative estimate of drug-likeness (QED) is 0.188. The number of hydrogen-bond acceptors (Lipinski definition) is 4. The molecule has 0 unspecified atom stereocenters. The molecule has 0 amide bonds. The fraction of sp³-hybridized carbons (Fsp3) is 0. The fourth-order valence-electron chi connectivity index (χ4n) is 7.28. The van der Waals surface area contributed by atoms with Gasteiger partial charge in [0.2, 0.25) is 0 Å². The molecule has 0 N–H and O–H groups in total. The van der Waals surface area contributed by atoms with Crippen molar-refractivity contribution >= 4 is 89.4 Å². The Morgan fingerprint density at radius 1 is 0.419 bits per heavy atom. The van der Waals surface area contributed by atoms with Gasteiger partial charge in [-0.2, -0.15) is 0 Å². The van der Waals surface area contributed by atoms with Crippen molar-refractivity contribution < 1.29 is 4.74 Å². The van der Waals surface area contributed by atoms with Crippen molar-refractivity contribution in [1.29, 1.82) is 0 Å². The number of fused-ring (bicyclic) bond motifs is 2. The summed E-state index contributed by atoms with van der Waals surface area (Å²) in [5.41, 5.74) is 6.75. The summed E-state index contributed by atoms with van der Waals surface area (Å²) in [6.07, 6.45) is 0. The molecule has 3 heterocycles. The van der Waals surface area contributed by atoms with E-state index >= 15 is 0 Å². The van der Waals surface area contributed by atoms with E-state index in [0.29, 0.717) is 0 Å². The van der Waals surface area contributed by atoms with Crippen LogP contribution in [-0.2, 0) is 11.8 Å². The van der Waals surface area contributed by atoms with Crippen LogP contribution in [0.15, 0.2) is 140 Å². The maximum atomic E-state index is 7.02. The summed E-state index contributed by atoms with van der Waals surface area (Å²) in [6.45, 7) is 0. The highest BCUT2D eigenvalue weighted by Crippen LogP contribution is 2.66. The summed E-state index contributed by atoms with van der Waals surface area (Å²) in [6, 6.07) is 47.5. The predicted octanol–water partition coefficient (Wildman–Crippen LogP) is 9.42. The molecule has 0 saturated carbocycles. The molecule has 0 spiro atoms. The van der Waals surface area contributed by atoms with Crippen LogP contribution in [-0.4, -0.2) is 0 Å². The van der Waals surface area contributed by atoms with Crippen molar-refractivity contribution in [3.8, 4) is 11.5 Å². The molecule has 0 aliphatic carbocycles. The molecule has 0 saturated heterocycles. The highest BCUT2D eigenvalue weighted by atomic mass is 32.4. The minimum Gasteiger partial charge on any atom is -0.456 e. The third-order valence-corrected chi connectivity index (χ3v) is 13.9. The van der Waals surface area contributed by atoms with Gasteiger partial charge in [-0.1, -0.05) is 90.7 Å². The molecule has 7 aromatic rings. The molecule has 0 bridgehead atoms. The molecule has 3 nitrogen and oxygen atoms in total. The molecule has 7 aromatic carbocycles. The Kier molecular flexibility index (Phi) is 4.59. The van der Waals surface area contributed by atoms with Crippen LogP contribution in [0.2, 0.25) is 0 Å². The van der Waals surface area contributed by atoms with Gasteiger partial charge >= 0.3 is 0 Å². The standard InChI is InChI=1S/C38H23N2OPS/c43-42-36-30-12-5-13-31(36)40(29-21-19-25-9-2-4-11-27(25)23-29)33-15-7-17-35(38(33)42)41-34-16-6-14-32(37(34)42)39(30)28-20-18-24-8-1-3-10-26(24)22-28/h1-23H. The van der Waals surface area contributed by atoms with Gasteiger partial charge in [0.15, 0.2) is 0 Å². The van der Waals surface area contributed by atoms with E-state index in [9.17, 15) is 0 Å². The molecule has 10 rings (SSSR count). The van der Waals surface area contributed by atoms with E-state index in [1.807, 2.05) is 0 Å². The Hall–Kier alpha value is -4.89. The van der Waals surface area contributed by atoms with Gasteiger partial charge in [0.05, 0.1) is 39.4 Å². The second-order valence-corrected chi connectivity index (χ2v) is 15.5. The Morgan fingerprint density at radius 2 is 0.837 bits per heavy atom. The third kappa shape index (κ3) is 3.02. The first kappa shape index (κ1) is 23.6. The topological polar surface area (TPSA) is 15.7 Å². The van der Waals surface area contributed by atoms with Gasteiger partial charge in [0.1, 0.15) is 11.5 Å². The molecule has 43 heavy (non-hydrogen) atoms. The van der Waals surface area contributed by atoms with Crippen LogP contribution < -0.4 is 30.5 Å². The van der Waals surface area contributed by atoms with E-state index < -0.39 is 6.04 Å². The minimum atomic E-state index is -2.47. The summed E-state index contributed by atoms with van der Waals surface area (Å²) in [5, 5.41) is 8.40. The molecular formula is C38H23N2OPS. The molecule has 0 aromatic heterocycles.